The number of rotatable bonds is 1. The van der Waals surface area contributed by atoms with E-state index in [4.69, 9.17) is 28.3 Å². The normalized spacial score (nSPS) is 11.3. The maximum absolute atomic E-state index is 11.9. The minimum Gasteiger partial charge on any atom is -0.505 e. The van der Waals surface area contributed by atoms with Gasteiger partial charge in [-0.15, -0.1) is 0 Å². The third kappa shape index (κ3) is 2.93. The first-order valence-electron chi connectivity index (χ1n) is 3.78. The second-order valence-electron chi connectivity index (χ2n) is 2.74. The zero-order valence-electron chi connectivity index (χ0n) is 7.40. The Morgan fingerprint density at radius 1 is 1.25 bits per heavy atom. The Balaban J connectivity index is 2.96. The predicted molar refractivity (Wildman–Crippen MR) is 52.8 cm³/mol. The number of aromatic hydroxyl groups is 1. The van der Waals surface area contributed by atoms with Crippen LogP contribution < -0.4 is 5.32 Å². The molecule has 0 bridgehead atoms. The van der Waals surface area contributed by atoms with E-state index in [1.54, 1.807) is 5.32 Å². The van der Waals surface area contributed by atoms with Gasteiger partial charge in [0.05, 0.1) is 10.0 Å². The number of phenols is 1. The van der Waals surface area contributed by atoms with Gasteiger partial charge in [0.25, 0.3) is 0 Å². The molecule has 0 saturated heterocycles. The van der Waals surface area contributed by atoms with Crippen LogP contribution in [0.25, 0.3) is 0 Å². The average Bonchev–Trinajstić information content (AvgIpc) is 2.12. The molecule has 0 atom stereocenters. The minimum absolute atomic E-state index is 0.255. The molecule has 0 aliphatic heterocycles. The van der Waals surface area contributed by atoms with E-state index in [9.17, 15) is 18.0 Å². The van der Waals surface area contributed by atoms with Crippen LogP contribution in [0.2, 0.25) is 10.0 Å². The Hall–Kier alpha value is -1.14. The first-order valence-corrected chi connectivity index (χ1v) is 4.53. The van der Waals surface area contributed by atoms with E-state index in [1.807, 2.05) is 0 Å². The van der Waals surface area contributed by atoms with Crippen LogP contribution in [0, 0.1) is 0 Å². The molecule has 2 N–H and O–H groups in total. The molecule has 0 radical (unpaired) electrons. The fourth-order valence-corrected chi connectivity index (χ4v) is 1.33. The number of hydrogen-bond acceptors (Lipinski definition) is 2. The molecule has 16 heavy (non-hydrogen) atoms. The first kappa shape index (κ1) is 12.9. The standard InChI is InChI=1S/C8H4Cl2F3NO2/c9-4-1-3(2-5(10)6(4)15)14-7(16)8(11,12)13/h1-2,15H,(H,14,16). The molecule has 3 nitrogen and oxygen atoms in total. The van der Waals surface area contributed by atoms with E-state index in [0.717, 1.165) is 12.1 Å². The van der Waals surface area contributed by atoms with Gasteiger partial charge in [-0.05, 0) is 12.1 Å². The number of benzene rings is 1. The van der Waals surface area contributed by atoms with Gasteiger partial charge < -0.3 is 10.4 Å². The van der Waals surface area contributed by atoms with Gasteiger partial charge in [-0.2, -0.15) is 13.2 Å². The summed E-state index contributed by atoms with van der Waals surface area (Å²) in [7, 11) is 0. The number of nitrogens with one attached hydrogen (secondary N) is 1. The maximum Gasteiger partial charge on any atom is 0.471 e. The first-order chi connectivity index (χ1) is 7.21. The quantitative estimate of drug-likeness (QED) is 0.772. The van der Waals surface area contributed by atoms with Crippen LogP contribution in [-0.2, 0) is 4.79 Å². The van der Waals surface area contributed by atoms with Crippen molar-refractivity contribution in [2.24, 2.45) is 0 Å². The number of carbonyl (C=O) groups is 1. The van der Waals surface area contributed by atoms with Crippen LogP contribution in [0.1, 0.15) is 0 Å². The molecule has 0 aliphatic rings. The van der Waals surface area contributed by atoms with Crippen LogP contribution in [0.3, 0.4) is 0 Å². The van der Waals surface area contributed by atoms with E-state index in [-0.39, 0.29) is 15.7 Å². The molecule has 1 aromatic carbocycles. The lowest BCUT2D eigenvalue weighted by Gasteiger charge is -2.09. The summed E-state index contributed by atoms with van der Waals surface area (Å²) in [6.07, 6.45) is -5.00. The minimum atomic E-state index is -5.00. The molecule has 0 fully saturated rings. The van der Waals surface area contributed by atoms with Gasteiger partial charge in [0, 0.05) is 5.69 Å². The number of alkyl halides is 3. The smallest absolute Gasteiger partial charge is 0.471 e. The zero-order valence-corrected chi connectivity index (χ0v) is 8.91. The molecule has 0 spiro atoms. The third-order valence-corrected chi connectivity index (χ3v) is 2.11. The van der Waals surface area contributed by atoms with Gasteiger partial charge in [0.2, 0.25) is 0 Å². The Bertz CT molecular complexity index is 411. The van der Waals surface area contributed by atoms with Crippen molar-refractivity contribution in [1.29, 1.82) is 0 Å². The van der Waals surface area contributed by atoms with Crippen LogP contribution in [0.15, 0.2) is 12.1 Å². The summed E-state index contributed by atoms with van der Waals surface area (Å²) in [6.45, 7) is 0. The summed E-state index contributed by atoms with van der Waals surface area (Å²) in [5.74, 6) is -2.61. The monoisotopic (exact) mass is 273 g/mol. The summed E-state index contributed by atoms with van der Waals surface area (Å²) in [5, 5.41) is 10.2. The summed E-state index contributed by atoms with van der Waals surface area (Å²) in [5.41, 5.74) is -0.255. The summed E-state index contributed by atoms with van der Waals surface area (Å²) in [6, 6.07) is 1.90. The number of amides is 1. The molecule has 1 rings (SSSR count). The average molecular weight is 274 g/mol. The Morgan fingerprint density at radius 2 is 1.69 bits per heavy atom. The van der Waals surface area contributed by atoms with E-state index in [2.05, 4.69) is 0 Å². The fourth-order valence-electron chi connectivity index (χ4n) is 0.840. The van der Waals surface area contributed by atoms with Crippen molar-refractivity contribution < 1.29 is 23.1 Å². The maximum atomic E-state index is 11.9. The molecule has 0 aliphatic carbocycles. The van der Waals surface area contributed by atoms with Gasteiger partial charge in [-0.3, -0.25) is 4.79 Å². The molecule has 1 aromatic rings. The summed E-state index contributed by atoms with van der Waals surface area (Å²) >= 11 is 10.9. The van der Waals surface area contributed by atoms with Crippen molar-refractivity contribution in [1.82, 2.24) is 0 Å². The molecular formula is C8H4Cl2F3NO2. The molecule has 0 aromatic heterocycles. The third-order valence-electron chi connectivity index (χ3n) is 1.53. The molecule has 0 unspecified atom stereocenters. The summed E-state index contributed by atoms with van der Waals surface area (Å²) in [4.78, 5) is 10.6. The Morgan fingerprint density at radius 3 is 2.06 bits per heavy atom. The number of hydrogen-bond donors (Lipinski definition) is 2. The van der Waals surface area contributed by atoms with Crippen LogP contribution >= 0.6 is 23.2 Å². The summed E-state index contributed by atoms with van der Waals surface area (Å²) < 4.78 is 35.7. The number of halogens is 5. The lowest BCUT2D eigenvalue weighted by Crippen LogP contribution is -2.29. The fraction of sp³-hybridized carbons (Fsp3) is 0.125. The van der Waals surface area contributed by atoms with Crippen LogP contribution in [0.5, 0.6) is 5.75 Å². The Kier molecular flexibility index (Phi) is 3.54. The highest BCUT2D eigenvalue weighted by Crippen LogP contribution is 2.35. The van der Waals surface area contributed by atoms with Gasteiger partial charge >= 0.3 is 12.1 Å². The number of phenolic OH excluding ortho intramolecular Hbond substituents is 1. The van der Waals surface area contributed by atoms with Crippen LogP contribution in [-0.4, -0.2) is 17.2 Å². The lowest BCUT2D eigenvalue weighted by molar-refractivity contribution is -0.167. The van der Waals surface area contributed by atoms with Crippen molar-refractivity contribution in [2.45, 2.75) is 6.18 Å². The Labute approximate surface area is 97.8 Å². The van der Waals surface area contributed by atoms with Gasteiger partial charge in [-0.1, -0.05) is 23.2 Å². The number of carbonyl (C=O) groups excluding carboxylic acids is 1. The van der Waals surface area contributed by atoms with Gasteiger partial charge in [-0.25, -0.2) is 0 Å². The van der Waals surface area contributed by atoms with E-state index in [0.29, 0.717) is 0 Å². The zero-order chi connectivity index (χ0) is 12.5. The SMILES string of the molecule is O=C(Nc1cc(Cl)c(O)c(Cl)c1)C(F)(F)F. The van der Waals surface area contributed by atoms with E-state index in [1.165, 1.54) is 0 Å². The van der Waals surface area contributed by atoms with Crippen molar-refractivity contribution in [2.75, 3.05) is 5.32 Å². The van der Waals surface area contributed by atoms with Gasteiger partial charge in [0.1, 0.15) is 0 Å². The largest absolute Gasteiger partial charge is 0.505 e. The number of anilines is 1. The molecule has 88 valence electrons. The van der Waals surface area contributed by atoms with E-state index < -0.39 is 17.8 Å². The lowest BCUT2D eigenvalue weighted by atomic mass is 10.3. The van der Waals surface area contributed by atoms with Crippen molar-refractivity contribution in [3.8, 4) is 5.75 Å². The molecule has 0 saturated carbocycles. The molecule has 8 heteroatoms. The van der Waals surface area contributed by atoms with Crippen molar-refractivity contribution in [3.05, 3.63) is 22.2 Å². The highest BCUT2D eigenvalue weighted by molar-refractivity contribution is 6.37. The molecule has 1 amide bonds. The topological polar surface area (TPSA) is 49.3 Å². The van der Waals surface area contributed by atoms with Crippen molar-refractivity contribution >= 4 is 34.8 Å². The van der Waals surface area contributed by atoms with Crippen LogP contribution in [0.4, 0.5) is 18.9 Å². The molecule has 0 heterocycles. The second-order valence-corrected chi connectivity index (χ2v) is 3.55. The van der Waals surface area contributed by atoms with Crippen molar-refractivity contribution in [3.63, 3.8) is 0 Å². The van der Waals surface area contributed by atoms with E-state index >= 15 is 0 Å². The highest BCUT2D eigenvalue weighted by Gasteiger charge is 2.38. The highest BCUT2D eigenvalue weighted by atomic mass is 35.5. The molecular weight excluding hydrogens is 270 g/mol. The predicted octanol–water partition coefficient (Wildman–Crippen LogP) is 3.20. The van der Waals surface area contributed by atoms with Gasteiger partial charge in [0.15, 0.2) is 5.75 Å². The second kappa shape index (κ2) is 4.39.